The van der Waals surface area contributed by atoms with Crippen molar-refractivity contribution in [1.82, 2.24) is 5.32 Å². The fourth-order valence-electron chi connectivity index (χ4n) is 1.63. The maximum absolute atomic E-state index is 6.16. The van der Waals surface area contributed by atoms with E-state index in [2.05, 4.69) is 31.3 Å². The Morgan fingerprint density at radius 1 is 1.40 bits per heavy atom. The number of nitrogens with one attached hydrogen (secondary N) is 1. The van der Waals surface area contributed by atoms with Crippen LogP contribution in [0.1, 0.15) is 43.7 Å². The molecular formula is C13H18ClN. The van der Waals surface area contributed by atoms with Gasteiger partial charge in [-0.2, -0.15) is 0 Å². The molecule has 0 unspecified atom stereocenters. The molecule has 2 heteroatoms. The number of hydrogen-bond donors (Lipinski definition) is 1. The maximum atomic E-state index is 6.16. The van der Waals surface area contributed by atoms with Crippen LogP contribution in [0.2, 0.25) is 5.02 Å². The van der Waals surface area contributed by atoms with E-state index in [0.717, 1.165) is 17.6 Å². The fourth-order valence-corrected chi connectivity index (χ4v) is 1.82. The molecule has 0 bridgehead atoms. The molecule has 0 heterocycles. The molecule has 0 radical (unpaired) electrons. The number of halogens is 1. The Kier molecular flexibility index (Phi) is 3.32. The van der Waals surface area contributed by atoms with Gasteiger partial charge in [0.1, 0.15) is 0 Å². The zero-order valence-corrected chi connectivity index (χ0v) is 10.1. The average molecular weight is 224 g/mol. The van der Waals surface area contributed by atoms with E-state index in [1.807, 2.05) is 6.07 Å². The van der Waals surface area contributed by atoms with E-state index in [9.17, 15) is 0 Å². The lowest BCUT2D eigenvalue weighted by molar-refractivity contribution is 0.686. The third-order valence-electron chi connectivity index (χ3n) is 2.89. The number of benzene rings is 1. The highest BCUT2D eigenvalue weighted by atomic mass is 35.5. The van der Waals surface area contributed by atoms with Gasteiger partial charge in [-0.3, -0.25) is 0 Å². The summed E-state index contributed by atoms with van der Waals surface area (Å²) in [6.07, 6.45) is 2.64. The summed E-state index contributed by atoms with van der Waals surface area (Å²) < 4.78 is 0. The lowest BCUT2D eigenvalue weighted by atomic mass is 10.0. The summed E-state index contributed by atoms with van der Waals surface area (Å²) in [7, 11) is 0. The molecule has 0 aromatic heterocycles. The second-order valence-corrected chi connectivity index (χ2v) is 5.07. The van der Waals surface area contributed by atoms with E-state index in [-0.39, 0.29) is 0 Å². The summed E-state index contributed by atoms with van der Waals surface area (Å²) in [5.74, 6) is 0.571. The summed E-state index contributed by atoms with van der Waals surface area (Å²) in [4.78, 5) is 0. The van der Waals surface area contributed by atoms with E-state index < -0.39 is 0 Å². The Morgan fingerprint density at radius 2 is 2.13 bits per heavy atom. The Labute approximate surface area is 96.8 Å². The van der Waals surface area contributed by atoms with Crippen LogP contribution in [0.15, 0.2) is 18.2 Å². The quantitative estimate of drug-likeness (QED) is 0.821. The van der Waals surface area contributed by atoms with Gasteiger partial charge in [0.25, 0.3) is 0 Å². The summed E-state index contributed by atoms with van der Waals surface area (Å²) in [6, 6.07) is 7.10. The monoisotopic (exact) mass is 223 g/mol. The zero-order chi connectivity index (χ0) is 10.8. The van der Waals surface area contributed by atoms with E-state index in [1.54, 1.807) is 0 Å². The van der Waals surface area contributed by atoms with Crippen molar-refractivity contribution in [2.24, 2.45) is 0 Å². The van der Waals surface area contributed by atoms with Crippen LogP contribution in [0.4, 0.5) is 0 Å². The summed E-state index contributed by atoms with van der Waals surface area (Å²) in [6.45, 7) is 5.33. The SMILES string of the molecule is CC(C)c1ccc(Cl)c(CNC2CC2)c1. The van der Waals surface area contributed by atoms with Gasteiger partial charge in [0.2, 0.25) is 0 Å². The molecule has 0 amide bonds. The zero-order valence-electron chi connectivity index (χ0n) is 9.39. The first-order chi connectivity index (χ1) is 7.16. The molecule has 82 valence electrons. The van der Waals surface area contributed by atoms with Gasteiger partial charge < -0.3 is 5.32 Å². The Balaban J connectivity index is 2.08. The van der Waals surface area contributed by atoms with Gasteiger partial charge in [-0.15, -0.1) is 0 Å². The van der Waals surface area contributed by atoms with Crippen LogP contribution in [0.3, 0.4) is 0 Å². The molecule has 0 aliphatic heterocycles. The largest absolute Gasteiger partial charge is 0.310 e. The minimum absolute atomic E-state index is 0.571. The molecule has 0 spiro atoms. The standard InChI is InChI=1S/C13H18ClN/c1-9(2)10-3-6-13(14)11(7-10)8-15-12-4-5-12/h3,6-7,9,12,15H,4-5,8H2,1-2H3. The van der Waals surface area contributed by atoms with Gasteiger partial charge in [0.05, 0.1) is 0 Å². The van der Waals surface area contributed by atoms with E-state index >= 15 is 0 Å². The predicted octanol–water partition coefficient (Wildman–Crippen LogP) is 3.72. The molecule has 0 saturated heterocycles. The van der Waals surface area contributed by atoms with E-state index in [1.165, 1.54) is 24.0 Å². The van der Waals surface area contributed by atoms with Crippen LogP contribution in [-0.2, 0) is 6.54 Å². The minimum atomic E-state index is 0.571. The third kappa shape index (κ3) is 2.96. The van der Waals surface area contributed by atoms with Gasteiger partial charge in [-0.1, -0.05) is 37.6 Å². The normalized spacial score (nSPS) is 16.0. The molecular weight excluding hydrogens is 206 g/mol. The summed E-state index contributed by atoms with van der Waals surface area (Å²) >= 11 is 6.16. The molecule has 1 aromatic carbocycles. The molecule has 2 rings (SSSR count). The summed E-state index contributed by atoms with van der Waals surface area (Å²) in [5.41, 5.74) is 2.60. The third-order valence-corrected chi connectivity index (χ3v) is 3.26. The second kappa shape index (κ2) is 4.54. The van der Waals surface area contributed by atoms with Crippen molar-refractivity contribution in [2.75, 3.05) is 0 Å². The van der Waals surface area contributed by atoms with Crippen LogP contribution in [0, 0.1) is 0 Å². The van der Waals surface area contributed by atoms with Crippen LogP contribution < -0.4 is 5.32 Å². The van der Waals surface area contributed by atoms with Crippen molar-refractivity contribution in [3.8, 4) is 0 Å². The predicted molar refractivity (Wildman–Crippen MR) is 65.4 cm³/mol. The second-order valence-electron chi connectivity index (χ2n) is 4.66. The highest BCUT2D eigenvalue weighted by Gasteiger charge is 2.20. The van der Waals surface area contributed by atoms with Crippen LogP contribution >= 0.6 is 11.6 Å². The fraction of sp³-hybridized carbons (Fsp3) is 0.538. The maximum Gasteiger partial charge on any atom is 0.0451 e. The first-order valence-corrected chi connectivity index (χ1v) is 6.06. The van der Waals surface area contributed by atoms with Gasteiger partial charge in [0, 0.05) is 17.6 Å². The molecule has 1 aromatic rings. The molecule has 1 nitrogen and oxygen atoms in total. The van der Waals surface area contributed by atoms with Crippen molar-refractivity contribution >= 4 is 11.6 Å². The first-order valence-electron chi connectivity index (χ1n) is 5.68. The van der Waals surface area contributed by atoms with Crippen LogP contribution in [-0.4, -0.2) is 6.04 Å². The lowest BCUT2D eigenvalue weighted by Gasteiger charge is -2.10. The molecule has 1 saturated carbocycles. The van der Waals surface area contributed by atoms with E-state index in [0.29, 0.717) is 5.92 Å². The molecule has 1 fully saturated rings. The topological polar surface area (TPSA) is 12.0 Å². The number of rotatable bonds is 4. The van der Waals surface area contributed by atoms with Crippen molar-refractivity contribution < 1.29 is 0 Å². The van der Waals surface area contributed by atoms with Crippen LogP contribution in [0.25, 0.3) is 0 Å². The van der Waals surface area contributed by atoms with Crippen molar-refractivity contribution in [3.05, 3.63) is 34.3 Å². The highest BCUT2D eigenvalue weighted by Crippen LogP contribution is 2.24. The van der Waals surface area contributed by atoms with Gasteiger partial charge in [-0.05, 0) is 36.0 Å². The smallest absolute Gasteiger partial charge is 0.0451 e. The van der Waals surface area contributed by atoms with E-state index in [4.69, 9.17) is 11.6 Å². The summed E-state index contributed by atoms with van der Waals surface area (Å²) in [5, 5.41) is 4.38. The number of hydrogen-bond acceptors (Lipinski definition) is 1. The Morgan fingerprint density at radius 3 is 2.73 bits per heavy atom. The van der Waals surface area contributed by atoms with Crippen molar-refractivity contribution in [3.63, 3.8) is 0 Å². The highest BCUT2D eigenvalue weighted by molar-refractivity contribution is 6.31. The first kappa shape index (κ1) is 11.0. The Hall–Kier alpha value is -0.530. The molecule has 1 aliphatic rings. The molecule has 1 aliphatic carbocycles. The van der Waals surface area contributed by atoms with Crippen molar-refractivity contribution in [1.29, 1.82) is 0 Å². The average Bonchev–Trinajstić information content (AvgIpc) is 3.00. The minimum Gasteiger partial charge on any atom is -0.310 e. The molecule has 1 N–H and O–H groups in total. The van der Waals surface area contributed by atoms with Gasteiger partial charge in [0.15, 0.2) is 0 Å². The molecule has 0 atom stereocenters. The lowest BCUT2D eigenvalue weighted by Crippen LogP contribution is -2.15. The Bertz CT molecular complexity index is 342. The van der Waals surface area contributed by atoms with Crippen LogP contribution in [0.5, 0.6) is 0 Å². The molecule has 15 heavy (non-hydrogen) atoms. The van der Waals surface area contributed by atoms with Gasteiger partial charge in [-0.25, -0.2) is 0 Å². The van der Waals surface area contributed by atoms with Gasteiger partial charge >= 0.3 is 0 Å². The van der Waals surface area contributed by atoms with Crippen molar-refractivity contribution in [2.45, 2.75) is 45.2 Å².